The lowest BCUT2D eigenvalue weighted by Crippen LogP contribution is -2.03. The van der Waals surface area contributed by atoms with E-state index in [1.54, 1.807) is 6.92 Å². The van der Waals surface area contributed by atoms with Crippen LogP contribution in [0.15, 0.2) is 48.7 Å². The lowest BCUT2D eigenvalue weighted by molar-refractivity contribution is 0.190. The van der Waals surface area contributed by atoms with Crippen LogP contribution in [0.4, 0.5) is 0 Å². The average Bonchev–Trinajstić information content (AvgIpc) is 2.79. The topological polar surface area (TPSA) is 25.2 Å². The van der Waals surface area contributed by atoms with Gasteiger partial charge in [-0.1, -0.05) is 30.0 Å². The van der Waals surface area contributed by atoms with E-state index in [1.807, 2.05) is 53.2 Å². The number of rotatable bonds is 2. The molecular weight excluding hydrogens is 210 g/mol. The molecule has 86 valence electrons. The molecule has 0 bridgehead atoms. The lowest BCUT2D eigenvalue weighted by atomic mass is 10.2. The van der Waals surface area contributed by atoms with Crippen molar-refractivity contribution in [3.63, 3.8) is 0 Å². The third kappa shape index (κ3) is 2.99. The third-order valence-electron chi connectivity index (χ3n) is 2.55. The van der Waals surface area contributed by atoms with Gasteiger partial charge in [-0.15, -0.1) is 0 Å². The first-order valence-corrected chi connectivity index (χ1v) is 5.64. The Balaban J connectivity index is 2.08. The Morgan fingerprint density at radius 3 is 2.65 bits per heavy atom. The van der Waals surface area contributed by atoms with Crippen molar-refractivity contribution < 1.29 is 5.11 Å². The number of benzene rings is 1. The van der Waals surface area contributed by atoms with Gasteiger partial charge in [0.05, 0.1) is 12.6 Å². The molecule has 17 heavy (non-hydrogen) atoms. The molecule has 0 fully saturated rings. The van der Waals surface area contributed by atoms with E-state index in [9.17, 15) is 5.11 Å². The SMILES string of the molecule is CC(O)c1cccn1CC#Cc1ccccc1. The van der Waals surface area contributed by atoms with Gasteiger partial charge >= 0.3 is 0 Å². The third-order valence-corrected chi connectivity index (χ3v) is 2.55. The molecule has 0 radical (unpaired) electrons. The summed E-state index contributed by atoms with van der Waals surface area (Å²) in [5, 5.41) is 9.54. The summed E-state index contributed by atoms with van der Waals surface area (Å²) >= 11 is 0. The molecule has 2 nitrogen and oxygen atoms in total. The predicted molar refractivity (Wildman–Crippen MR) is 68.4 cm³/mol. The van der Waals surface area contributed by atoms with Crippen molar-refractivity contribution in [1.82, 2.24) is 4.57 Å². The minimum absolute atomic E-state index is 0.455. The van der Waals surface area contributed by atoms with Crippen LogP contribution < -0.4 is 0 Å². The zero-order chi connectivity index (χ0) is 12.1. The zero-order valence-electron chi connectivity index (χ0n) is 9.80. The Morgan fingerprint density at radius 1 is 1.18 bits per heavy atom. The van der Waals surface area contributed by atoms with E-state index < -0.39 is 6.10 Å². The van der Waals surface area contributed by atoms with Crippen LogP contribution in [0.3, 0.4) is 0 Å². The number of nitrogens with zero attached hydrogens (tertiary/aromatic N) is 1. The van der Waals surface area contributed by atoms with Gasteiger partial charge in [-0.3, -0.25) is 0 Å². The van der Waals surface area contributed by atoms with E-state index in [-0.39, 0.29) is 0 Å². The molecule has 1 atom stereocenters. The van der Waals surface area contributed by atoms with Crippen LogP contribution in [0.5, 0.6) is 0 Å². The highest BCUT2D eigenvalue weighted by molar-refractivity contribution is 5.33. The molecule has 1 unspecified atom stereocenters. The summed E-state index contributed by atoms with van der Waals surface area (Å²) < 4.78 is 1.96. The second-order valence-corrected chi connectivity index (χ2v) is 3.90. The average molecular weight is 225 g/mol. The summed E-state index contributed by atoms with van der Waals surface area (Å²) in [6.07, 6.45) is 1.48. The van der Waals surface area contributed by atoms with Crippen molar-refractivity contribution in [2.75, 3.05) is 0 Å². The Labute approximate surface area is 102 Å². The first-order chi connectivity index (χ1) is 8.27. The van der Waals surface area contributed by atoms with E-state index in [0.29, 0.717) is 6.54 Å². The normalized spacial score (nSPS) is 11.6. The van der Waals surface area contributed by atoms with Crippen LogP contribution in [-0.4, -0.2) is 9.67 Å². The fraction of sp³-hybridized carbons (Fsp3) is 0.200. The highest BCUT2D eigenvalue weighted by atomic mass is 16.3. The minimum atomic E-state index is -0.455. The highest BCUT2D eigenvalue weighted by Gasteiger charge is 2.04. The van der Waals surface area contributed by atoms with Gasteiger partial charge in [0.1, 0.15) is 0 Å². The fourth-order valence-corrected chi connectivity index (χ4v) is 1.70. The van der Waals surface area contributed by atoms with Gasteiger partial charge < -0.3 is 9.67 Å². The maximum Gasteiger partial charge on any atom is 0.0912 e. The molecule has 0 aliphatic carbocycles. The van der Waals surface area contributed by atoms with Crippen molar-refractivity contribution in [3.8, 4) is 11.8 Å². The minimum Gasteiger partial charge on any atom is -0.387 e. The summed E-state index contributed by atoms with van der Waals surface area (Å²) in [7, 11) is 0. The standard InChI is InChI=1S/C15H15NO/c1-13(17)15-10-6-12-16(15)11-5-9-14-7-3-2-4-8-14/h2-4,6-8,10,12-13,17H,11H2,1H3. The van der Waals surface area contributed by atoms with Gasteiger partial charge in [-0.05, 0) is 31.2 Å². The van der Waals surface area contributed by atoms with Crippen molar-refractivity contribution >= 4 is 0 Å². The molecule has 1 aromatic heterocycles. The molecule has 0 spiro atoms. The Morgan fingerprint density at radius 2 is 1.94 bits per heavy atom. The number of aromatic nitrogens is 1. The quantitative estimate of drug-likeness (QED) is 0.781. The van der Waals surface area contributed by atoms with Gasteiger partial charge in [0, 0.05) is 17.5 Å². The van der Waals surface area contributed by atoms with Gasteiger partial charge in [-0.25, -0.2) is 0 Å². The Hall–Kier alpha value is -1.98. The number of hydrogen-bond acceptors (Lipinski definition) is 1. The van der Waals surface area contributed by atoms with Crippen LogP contribution in [0.25, 0.3) is 0 Å². The Kier molecular flexibility index (Phi) is 3.64. The second kappa shape index (κ2) is 5.38. The van der Waals surface area contributed by atoms with Crippen LogP contribution in [0.1, 0.15) is 24.3 Å². The monoisotopic (exact) mass is 225 g/mol. The van der Waals surface area contributed by atoms with Gasteiger partial charge in [0.25, 0.3) is 0 Å². The maximum absolute atomic E-state index is 9.54. The summed E-state index contributed by atoms with van der Waals surface area (Å²) in [5.74, 6) is 6.20. The van der Waals surface area contributed by atoms with Gasteiger partial charge in [-0.2, -0.15) is 0 Å². The predicted octanol–water partition coefficient (Wildman–Crippen LogP) is 2.59. The van der Waals surface area contributed by atoms with E-state index in [2.05, 4.69) is 11.8 Å². The molecule has 2 heteroatoms. The summed E-state index contributed by atoms with van der Waals surface area (Å²) in [5.41, 5.74) is 1.91. The molecular formula is C15H15NO. The van der Waals surface area contributed by atoms with E-state index in [0.717, 1.165) is 11.3 Å². The van der Waals surface area contributed by atoms with E-state index in [4.69, 9.17) is 0 Å². The molecule has 1 heterocycles. The summed E-state index contributed by atoms with van der Waals surface area (Å²) in [6.45, 7) is 2.36. The van der Waals surface area contributed by atoms with Crippen LogP contribution in [-0.2, 0) is 6.54 Å². The molecule has 0 saturated carbocycles. The molecule has 0 aliphatic heterocycles. The van der Waals surface area contributed by atoms with Gasteiger partial charge in [0.15, 0.2) is 0 Å². The number of hydrogen-bond donors (Lipinski definition) is 1. The summed E-state index contributed by atoms with van der Waals surface area (Å²) in [6, 6.07) is 13.7. The first kappa shape index (κ1) is 11.5. The highest BCUT2D eigenvalue weighted by Crippen LogP contribution is 2.12. The second-order valence-electron chi connectivity index (χ2n) is 3.90. The number of aliphatic hydroxyl groups excluding tert-OH is 1. The molecule has 1 N–H and O–H groups in total. The Bertz CT molecular complexity index is 529. The van der Waals surface area contributed by atoms with Crippen molar-refractivity contribution in [3.05, 3.63) is 59.9 Å². The molecule has 0 amide bonds. The molecule has 0 saturated heterocycles. The van der Waals surface area contributed by atoms with Crippen molar-refractivity contribution in [2.45, 2.75) is 19.6 Å². The smallest absolute Gasteiger partial charge is 0.0912 e. The molecule has 2 aromatic rings. The summed E-state index contributed by atoms with van der Waals surface area (Å²) in [4.78, 5) is 0. The van der Waals surface area contributed by atoms with Crippen molar-refractivity contribution in [2.24, 2.45) is 0 Å². The van der Waals surface area contributed by atoms with Gasteiger partial charge in [0.2, 0.25) is 0 Å². The maximum atomic E-state index is 9.54. The first-order valence-electron chi connectivity index (χ1n) is 5.64. The van der Waals surface area contributed by atoms with Crippen molar-refractivity contribution in [1.29, 1.82) is 0 Å². The largest absolute Gasteiger partial charge is 0.387 e. The molecule has 0 aliphatic rings. The zero-order valence-corrected chi connectivity index (χ0v) is 9.80. The number of aliphatic hydroxyl groups is 1. The van der Waals surface area contributed by atoms with E-state index in [1.165, 1.54) is 0 Å². The molecule has 2 rings (SSSR count). The molecule has 1 aromatic carbocycles. The fourth-order valence-electron chi connectivity index (χ4n) is 1.70. The van der Waals surface area contributed by atoms with Crippen LogP contribution >= 0.6 is 0 Å². The lowest BCUT2D eigenvalue weighted by Gasteiger charge is -2.07. The van der Waals surface area contributed by atoms with Crippen LogP contribution in [0.2, 0.25) is 0 Å². The van der Waals surface area contributed by atoms with Crippen LogP contribution in [0, 0.1) is 11.8 Å². The van der Waals surface area contributed by atoms with E-state index >= 15 is 0 Å².